The number of thiazole rings is 1. The van der Waals surface area contributed by atoms with Crippen LogP contribution in [0.4, 0.5) is 4.39 Å². The van der Waals surface area contributed by atoms with Crippen molar-refractivity contribution in [1.82, 2.24) is 10.3 Å². The predicted molar refractivity (Wildman–Crippen MR) is 93.5 cm³/mol. The van der Waals surface area contributed by atoms with Gasteiger partial charge < -0.3 is 5.32 Å². The number of amides is 1. The number of nitrogens with one attached hydrogen (secondary N) is 1. The van der Waals surface area contributed by atoms with Gasteiger partial charge in [-0.1, -0.05) is 24.3 Å². The molecule has 122 valence electrons. The van der Waals surface area contributed by atoms with Gasteiger partial charge in [-0.15, -0.1) is 11.3 Å². The molecule has 1 heterocycles. The summed E-state index contributed by atoms with van der Waals surface area (Å²) in [5, 5.41) is 4.01. The largest absolute Gasteiger partial charge is 0.349 e. The molecule has 2 aromatic carbocycles. The number of fused-ring (bicyclic) bond motifs is 2. The molecule has 1 atom stereocenters. The number of halogens is 1. The van der Waals surface area contributed by atoms with E-state index < -0.39 is 0 Å². The summed E-state index contributed by atoms with van der Waals surface area (Å²) in [6.07, 6.45) is 2.49. The van der Waals surface area contributed by atoms with Gasteiger partial charge in [-0.3, -0.25) is 4.79 Å². The Hall–Kier alpha value is -2.27. The molecular formula is C19H17FN2OS. The van der Waals surface area contributed by atoms with Gasteiger partial charge in [0.05, 0.1) is 21.3 Å². The molecule has 0 radical (unpaired) electrons. The Morgan fingerprint density at radius 2 is 2.12 bits per heavy atom. The Bertz CT molecular complexity index is 872. The number of hydrogen-bond acceptors (Lipinski definition) is 3. The topological polar surface area (TPSA) is 42.0 Å². The lowest BCUT2D eigenvalue weighted by molar-refractivity contribution is -0.121. The Kier molecular flexibility index (Phi) is 4.02. The Balaban J connectivity index is 1.39. The van der Waals surface area contributed by atoms with Gasteiger partial charge in [0.15, 0.2) is 0 Å². The number of nitrogens with zero attached hydrogens (tertiary/aromatic N) is 1. The van der Waals surface area contributed by atoms with Crippen LogP contribution in [0, 0.1) is 5.82 Å². The van der Waals surface area contributed by atoms with Crippen molar-refractivity contribution in [2.45, 2.75) is 31.7 Å². The summed E-state index contributed by atoms with van der Waals surface area (Å²) in [7, 11) is 0. The van der Waals surface area contributed by atoms with E-state index >= 15 is 0 Å². The zero-order chi connectivity index (χ0) is 16.5. The van der Waals surface area contributed by atoms with Crippen LogP contribution < -0.4 is 5.32 Å². The third-order valence-corrected chi connectivity index (χ3v) is 5.55. The van der Waals surface area contributed by atoms with Crippen LogP contribution in [0.2, 0.25) is 0 Å². The monoisotopic (exact) mass is 340 g/mol. The van der Waals surface area contributed by atoms with E-state index in [9.17, 15) is 9.18 Å². The van der Waals surface area contributed by atoms with Crippen molar-refractivity contribution < 1.29 is 9.18 Å². The second kappa shape index (κ2) is 6.32. The maximum Gasteiger partial charge on any atom is 0.220 e. The van der Waals surface area contributed by atoms with E-state index in [1.165, 1.54) is 6.07 Å². The van der Waals surface area contributed by atoms with Crippen LogP contribution in [0.3, 0.4) is 0 Å². The van der Waals surface area contributed by atoms with Gasteiger partial charge in [-0.2, -0.15) is 0 Å². The van der Waals surface area contributed by atoms with Crippen molar-refractivity contribution in [2.75, 3.05) is 0 Å². The van der Waals surface area contributed by atoms with Gasteiger partial charge in [0.25, 0.3) is 0 Å². The molecule has 1 aliphatic carbocycles. The van der Waals surface area contributed by atoms with Crippen LogP contribution >= 0.6 is 11.3 Å². The molecular weight excluding hydrogens is 323 g/mol. The van der Waals surface area contributed by atoms with Crippen molar-refractivity contribution >= 4 is 27.5 Å². The van der Waals surface area contributed by atoms with Crippen LogP contribution in [0.5, 0.6) is 0 Å². The number of carbonyl (C=O) groups excluding carboxylic acids is 1. The molecule has 0 bridgehead atoms. The van der Waals surface area contributed by atoms with Crippen molar-refractivity contribution in [3.05, 3.63) is 64.4 Å². The molecule has 1 aliphatic rings. The first-order valence-electron chi connectivity index (χ1n) is 8.12. The van der Waals surface area contributed by atoms with E-state index in [1.54, 1.807) is 17.4 Å². The minimum atomic E-state index is -0.168. The lowest BCUT2D eigenvalue weighted by Crippen LogP contribution is -2.27. The fourth-order valence-corrected chi connectivity index (χ4v) is 4.24. The Morgan fingerprint density at radius 3 is 3.00 bits per heavy atom. The minimum Gasteiger partial charge on any atom is -0.349 e. The number of para-hydroxylation sites is 1. The second-order valence-electron chi connectivity index (χ2n) is 6.04. The predicted octanol–water partition coefficient (Wildman–Crippen LogP) is 4.17. The van der Waals surface area contributed by atoms with Crippen LogP contribution in [0.1, 0.15) is 35.0 Å². The second-order valence-corrected chi connectivity index (χ2v) is 7.16. The van der Waals surface area contributed by atoms with Gasteiger partial charge >= 0.3 is 0 Å². The van der Waals surface area contributed by atoms with Gasteiger partial charge in [0.1, 0.15) is 5.82 Å². The van der Waals surface area contributed by atoms with Gasteiger partial charge in [0, 0.05) is 12.8 Å². The van der Waals surface area contributed by atoms with Crippen molar-refractivity contribution in [3.63, 3.8) is 0 Å². The van der Waals surface area contributed by atoms with Crippen molar-refractivity contribution in [3.8, 4) is 0 Å². The highest BCUT2D eigenvalue weighted by Gasteiger charge is 2.25. The number of carbonyl (C=O) groups is 1. The van der Waals surface area contributed by atoms with E-state index in [0.717, 1.165) is 32.8 Å². The van der Waals surface area contributed by atoms with Crippen molar-refractivity contribution in [2.24, 2.45) is 0 Å². The Labute approximate surface area is 143 Å². The first kappa shape index (κ1) is 15.3. The van der Waals surface area contributed by atoms with Gasteiger partial charge in [0.2, 0.25) is 5.91 Å². The lowest BCUT2D eigenvalue weighted by Gasteiger charge is -2.14. The highest BCUT2D eigenvalue weighted by atomic mass is 32.1. The molecule has 5 heteroatoms. The van der Waals surface area contributed by atoms with Crippen molar-refractivity contribution in [1.29, 1.82) is 0 Å². The zero-order valence-corrected chi connectivity index (χ0v) is 13.9. The summed E-state index contributed by atoms with van der Waals surface area (Å²) in [6.45, 7) is 0. The molecule has 0 saturated carbocycles. The summed E-state index contributed by atoms with van der Waals surface area (Å²) in [6, 6.07) is 13.0. The van der Waals surface area contributed by atoms with Crippen LogP contribution in [0.25, 0.3) is 10.2 Å². The molecule has 1 amide bonds. The first-order chi connectivity index (χ1) is 11.7. The normalized spacial score (nSPS) is 16.3. The SMILES string of the molecule is O=C(CCc1nc2ccccc2s1)NC1CCc2c(F)cccc21. The number of aryl methyl sites for hydroxylation is 1. The molecule has 0 fully saturated rings. The highest BCUT2D eigenvalue weighted by molar-refractivity contribution is 7.18. The highest BCUT2D eigenvalue weighted by Crippen LogP contribution is 2.32. The summed E-state index contributed by atoms with van der Waals surface area (Å²) in [4.78, 5) is 16.8. The molecule has 1 aromatic heterocycles. The van der Waals surface area contributed by atoms with Gasteiger partial charge in [-0.05, 0) is 42.2 Å². The van der Waals surface area contributed by atoms with Crippen LogP contribution in [-0.4, -0.2) is 10.9 Å². The maximum absolute atomic E-state index is 13.8. The molecule has 3 nitrogen and oxygen atoms in total. The van der Waals surface area contributed by atoms with E-state index in [0.29, 0.717) is 19.3 Å². The fourth-order valence-electron chi connectivity index (χ4n) is 3.27. The summed E-state index contributed by atoms with van der Waals surface area (Å²) in [5.74, 6) is -0.171. The average Bonchev–Trinajstić information content (AvgIpc) is 3.18. The standard InChI is InChI=1S/C19H17FN2OS/c20-14-5-3-4-13-12(14)8-9-15(13)21-18(23)10-11-19-22-16-6-1-2-7-17(16)24-19/h1-7,15H,8-11H2,(H,21,23). The first-order valence-corrected chi connectivity index (χ1v) is 8.93. The molecule has 24 heavy (non-hydrogen) atoms. The molecule has 0 aliphatic heterocycles. The van der Waals surface area contributed by atoms with E-state index in [1.807, 2.05) is 30.3 Å². The zero-order valence-electron chi connectivity index (χ0n) is 13.1. The van der Waals surface area contributed by atoms with E-state index in [4.69, 9.17) is 0 Å². The summed E-state index contributed by atoms with van der Waals surface area (Å²) >= 11 is 1.63. The third kappa shape index (κ3) is 2.91. The third-order valence-electron chi connectivity index (χ3n) is 4.45. The lowest BCUT2D eigenvalue weighted by atomic mass is 10.1. The average molecular weight is 340 g/mol. The molecule has 1 N–H and O–H groups in total. The van der Waals surface area contributed by atoms with E-state index in [2.05, 4.69) is 10.3 Å². The molecule has 3 aromatic rings. The molecule has 0 spiro atoms. The summed E-state index contributed by atoms with van der Waals surface area (Å²) < 4.78 is 14.9. The number of aromatic nitrogens is 1. The molecule has 1 unspecified atom stereocenters. The maximum atomic E-state index is 13.8. The smallest absolute Gasteiger partial charge is 0.220 e. The number of benzene rings is 2. The molecule has 0 saturated heterocycles. The number of hydrogen-bond donors (Lipinski definition) is 1. The Morgan fingerprint density at radius 1 is 1.25 bits per heavy atom. The van der Waals surface area contributed by atoms with E-state index in [-0.39, 0.29) is 17.8 Å². The van der Waals surface area contributed by atoms with Crippen LogP contribution in [0.15, 0.2) is 42.5 Å². The summed E-state index contributed by atoms with van der Waals surface area (Å²) in [5.41, 5.74) is 2.65. The number of rotatable bonds is 4. The van der Waals surface area contributed by atoms with Crippen LogP contribution in [-0.2, 0) is 17.6 Å². The van der Waals surface area contributed by atoms with Gasteiger partial charge in [-0.25, -0.2) is 9.37 Å². The molecule has 4 rings (SSSR count). The minimum absolute atomic E-state index is 0.00336. The fraction of sp³-hybridized carbons (Fsp3) is 0.263. The quantitative estimate of drug-likeness (QED) is 0.774.